The highest BCUT2D eigenvalue weighted by Gasteiger charge is 2.10. The van der Waals surface area contributed by atoms with Crippen LogP contribution in [0.1, 0.15) is 12.5 Å². The van der Waals surface area contributed by atoms with Crippen molar-refractivity contribution in [2.75, 3.05) is 12.3 Å². The molecule has 0 aliphatic heterocycles. The minimum Gasteiger partial charge on any atom is -0.492 e. The van der Waals surface area contributed by atoms with Crippen LogP contribution >= 0.6 is 0 Å². The minimum absolute atomic E-state index is 0.577. The van der Waals surface area contributed by atoms with Crippen LogP contribution in [0.2, 0.25) is 0 Å². The van der Waals surface area contributed by atoms with E-state index in [1.54, 1.807) is 0 Å². The van der Waals surface area contributed by atoms with Gasteiger partial charge in [0.25, 0.3) is 0 Å². The highest BCUT2D eigenvalue weighted by Crippen LogP contribution is 2.28. The smallest absolute Gasteiger partial charge is 0.168 e. The summed E-state index contributed by atoms with van der Waals surface area (Å²) in [5.41, 5.74) is 9.43. The van der Waals surface area contributed by atoms with E-state index in [9.17, 15) is 0 Å². The SMILES string of the molecule is CCOc1cc(-c2nnc3cc(C)ccn23)ccc1N. The van der Waals surface area contributed by atoms with E-state index in [-0.39, 0.29) is 0 Å². The Morgan fingerprint density at radius 3 is 2.85 bits per heavy atom. The summed E-state index contributed by atoms with van der Waals surface area (Å²) >= 11 is 0. The van der Waals surface area contributed by atoms with E-state index in [4.69, 9.17) is 10.5 Å². The number of nitrogens with zero attached hydrogens (tertiary/aromatic N) is 3. The van der Waals surface area contributed by atoms with Gasteiger partial charge in [-0.2, -0.15) is 0 Å². The van der Waals surface area contributed by atoms with Gasteiger partial charge in [0.2, 0.25) is 0 Å². The van der Waals surface area contributed by atoms with Gasteiger partial charge >= 0.3 is 0 Å². The molecule has 5 heteroatoms. The van der Waals surface area contributed by atoms with E-state index in [1.165, 1.54) is 0 Å². The van der Waals surface area contributed by atoms with Gasteiger partial charge in [-0.05, 0) is 49.7 Å². The van der Waals surface area contributed by atoms with Crippen LogP contribution in [0.4, 0.5) is 5.69 Å². The highest BCUT2D eigenvalue weighted by atomic mass is 16.5. The first kappa shape index (κ1) is 12.5. The van der Waals surface area contributed by atoms with Crippen molar-refractivity contribution in [3.05, 3.63) is 42.1 Å². The van der Waals surface area contributed by atoms with Crippen LogP contribution in [0, 0.1) is 6.92 Å². The number of nitrogen functional groups attached to an aromatic ring is 1. The normalized spacial score (nSPS) is 10.9. The Hall–Kier alpha value is -2.56. The Kier molecular flexibility index (Phi) is 3.02. The number of ether oxygens (including phenoxy) is 1. The largest absolute Gasteiger partial charge is 0.492 e. The molecule has 0 saturated carbocycles. The predicted molar refractivity (Wildman–Crippen MR) is 78.7 cm³/mol. The standard InChI is InChI=1S/C15H16N4O/c1-3-20-13-9-11(4-5-12(13)16)15-18-17-14-8-10(2)6-7-19(14)15/h4-9H,3,16H2,1-2H3. The summed E-state index contributed by atoms with van der Waals surface area (Å²) in [4.78, 5) is 0. The van der Waals surface area contributed by atoms with Crippen molar-refractivity contribution in [3.63, 3.8) is 0 Å². The van der Waals surface area contributed by atoms with E-state index < -0.39 is 0 Å². The number of rotatable bonds is 3. The van der Waals surface area contributed by atoms with Crippen LogP contribution in [0.5, 0.6) is 5.75 Å². The zero-order valence-corrected chi connectivity index (χ0v) is 11.5. The van der Waals surface area contributed by atoms with Gasteiger partial charge in [-0.15, -0.1) is 10.2 Å². The molecule has 3 aromatic rings. The number of fused-ring (bicyclic) bond motifs is 1. The van der Waals surface area contributed by atoms with Crippen molar-refractivity contribution < 1.29 is 4.74 Å². The van der Waals surface area contributed by atoms with Crippen LogP contribution in [0.25, 0.3) is 17.0 Å². The average molecular weight is 268 g/mol. The second kappa shape index (κ2) is 4.85. The minimum atomic E-state index is 0.577. The molecule has 3 rings (SSSR count). The number of anilines is 1. The lowest BCUT2D eigenvalue weighted by Crippen LogP contribution is -1.98. The zero-order valence-electron chi connectivity index (χ0n) is 11.5. The van der Waals surface area contributed by atoms with Gasteiger partial charge in [-0.1, -0.05) is 0 Å². The Morgan fingerprint density at radius 1 is 1.20 bits per heavy atom. The molecule has 0 aliphatic carbocycles. The van der Waals surface area contributed by atoms with Gasteiger partial charge in [0.15, 0.2) is 11.5 Å². The topological polar surface area (TPSA) is 65.4 Å². The third-order valence-corrected chi connectivity index (χ3v) is 3.14. The molecule has 1 aromatic carbocycles. The van der Waals surface area contributed by atoms with Crippen molar-refractivity contribution in [3.8, 4) is 17.1 Å². The second-order valence-corrected chi connectivity index (χ2v) is 4.64. The van der Waals surface area contributed by atoms with Gasteiger partial charge in [0, 0.05) is 11.8 Å². The molecule has 2 N–H and O–H groups in total. The molecule has 0 saturated heterocycles. The number of benzene rings is 1. The number of aromatic nitrogens is 3. The Balaban J connectivity index is 2.13. The van der Waals surface area contributed by atoms with Gasteiger partial charge < -0.3 is 10.5 Å². The van der Waals surface area contributed by atoms with Crippen LogP contribution in [-0.4, -0.2) is 21.2 Å². The first-order valence-electron chi connectivity index (χ1n) is 6.53. The molecule has 0 amide bonds. The van der Waals surface area contributed by atoms with Crippen molar-refractivity contribution in [1.29, 1.82) is 0 Å². The molecule has 0 atom stereocenters. The molecule has 0 aliphatic rings. The van der Waals surface area contributed by atoms with E-state index in [0.717, 1.165) is 22.6 Å². The quantitative estimate of drug-likeness (QED) is 0.742. The summed E-state index contributed by atoms with van der Waals surface area (Å²) in [5.74, 6) is 1.45. The number of aryl methyl sites for hydroxylation is 1. The third-order valence-electron chi connectivity index (χ3n) is 3.14. The summed E-state index contributed by atoms with van der Waals surface area (Å²) in [6.07, 6.45) is 1.97. The molecule has 0 spiro atoms. The molecule has 2 aromatic heterocycles. The molecule has 5 nitrogen and oxygen atoms in total. The van der Waals surface area contributed by atoms with Gasteiger partial charge in [0.05, 0.1) is 12.3 Å². The number of hydrogen-bond acceptors (Lipinski definition) is 4. The summed E-state index contributed by atoms with van der Waals surface area (Å²) in [7, 11) is 0. The Labute approximate surface area is 117 Å². The first-order valence-corrected chi connectivity index (χ1v) is 6.53. The molecule has 0 unspecified atom stereocenters. The fraction of sp³-hybridized carbons (Fsp3) is 0.200. The molecule has 102 valence electrons. The van der Waals surface area contributed by atoms with Crippen molar-refractivity contribution >= 4 is 11.3 Å². The maximum atomic E-state index is 5.89. The molecule has 0 fully saturated rings. The van der Waals surface area contributed by atoms with Gasteiger partial charge in [-0.25, -0.2) is 0 Å². The monoisotopic (exact) mass is 268 g/mol. The van der Waals surface area contributed by atoms with E-state index in [0.29, 0.717) is 18.0 Å². The zero-order chi connectivity index (χ0) is 14.1. The number of nitrogens with two attached hydrogens (primary N) is 1. The number of hydrogen-bond donors (Lipinski definition) is 1. The maximum Gasteiger partial charge on any atom is 0.168 e. The van der Waals surface area contributed by atoms with Crippen LogP contribution in [0.15, 0.2) is 36.5 Å². The second-order valence-electron chi connectivity index (χ2n) is 4.64. The van der Waals surface area contributed by atoms with Crippen molar-refractivity contribution in [2.24, 2.45) is 0 Å². The van der Waals surface area contributed by atoms with E-state index in [1.807, 2.05) is 54.8 Å². The first-order chi connectivity index (χ1) is 9.69. The van der Waals surface area contributed by atoms with Gasteiger partial charge in [-0.3, -0.25) is 4.40 Å². The van der Waals surface area contributed by atoms with E-state index >= 15 is 0 Å². The third kappa shape index (κ3) is 2.07. The molecule has 2 heterocycles. The summed E-state index contributed by atoms with van der Waals surface area (Å²) in [6.45, 7) is 4.54. The van der Waals surface area contributed by atoms with Crippen molar-refractivity contribution in [1.82, 2.24) is 14.6 Å². The summed E-state index contributed by atoms with van der Waals surface area (Å²) in [5, 5.41) is 8.45. The molecular formula is C15H16N4O. The number of pyridine rings is 1. The lowest BCUT2D eigenvalue weighted by atomic mass is 10.1. The highest BCUT2D eigenvalue weighted by molar-refractivity contribution is 5.67. The molecule has 0 radical (unpaired) electrons. The molecular weight excluding hydrogens is 252 g/mol. The van der Waals surface area contributed by atoms with E-state index in [2.05, 4.69) is 10.2 Å². The Bertz CT molecular complexity index is 764. The van der Waals surface area contributed by atoms with Gasteiger partial charge in [0.1, 0.15) is 5.75 Å². The average Bonchev–Trinajstić information content (AvgIpc) is 2.84. The molecule has 20 heavy (non-hydrogen) atoms. The fourth-order valence-corrected chi connectivity index (χ4v) is 2.14. The Morgan fingerprint density at radius 2 is 2.05 bits per heavy atom. The van der Waals surface area contributed by atoms with Crippen molar-refractivity contribution in [2.45, 2.75) is 13.8 Å². The van der Waals surface area contributed by atoms with Crippen LogP contribution < -0.4 is 10.5 Å². The predicted octanol–water partition coefficient (Wildman–Crippen LogP) is 2.69. The lowest BCUT2D eigenvalue weighted by Gasteiger charge is -2.08. The van der Waals surface area contributed by atoms with Crippen LogP contribution in [-0.2, 0) is 0 Å². The summed E-state index contributed by atoms with van der Waals surface area (Å²) in [6, 6.07) is 9.68. The summed E-state index contributed by atoms with van der Waals surface area (Å²) < 4.78 is 7.48. The van der Waals surface area contributed by atoms with Crippen LogP contribution in [0.3, 0.4) is 0 Å². The molecule has 0 bridgehead atoms. The lowest BCUT2D eigenvalue weighted by molar-refractivity contribution is 0.342. The fourth-order valence-electron chi connectivity index (χ4n) is 2.14. The maximum absolute atomic E-state index is 5.89.